The second kappa shape index (κ2) is 4.37. The Bertz CT molecular complexity index is 562. The molecule has 1 N–H and O–H groups in total. The lowest BCUT2D eigenvalue weighted by Gasteiger charge is -2.25. The standard InChI is InChI=1S/C14H17N3O/c1-3-13-15-10-14(16(13)2)17-8-9-18-12-7-5-4-6-11(12)17/h4-7,10H,3,8-9H2,1-2H3/p+1. The second-order valence-corrected chi connectivity index (χ2v) is 4.47. The molecule has 2 heterocycles. The zero-order valence-corrected chi connectivity index (χ0v) is 10.8. The molecule has 3 rings (SSSR count). The maximum atomic E-state index is 5.69. The van der Waals surface area contributed by atoms with Gasteiger partial charge >= 0.3 is 0 Å². The van der Waals surface area contributed by atoms with E-state index in [9.17, 15) is 0 Å². The molecular formula is C14H18N3O+. The third-order valence-electron chi connectivity index (χ3n) is 3.46. The van der Waals surface area contributed by atoms with E-state index in [1.165, 1.54) is 11.6 Å². The van der Waals surface area contributed by atoms with Gasteiger partial charge in [0.15, 0.2) is 5.75 Å². The smallest absolute Gasteiger partial charge is 0.260 e. The molecule has 4 nitrogen and oxygen atoms in total. The van der Waals surface area contributed by atoms with Crippen molar-refractivity contribution in [2.75, 3.05) is 18.1 Å². The van der Waals surface area contributed by atoms with E-state index in [0.29, 0.717) is 0 Å². The quantitative estimate of drug-likeness (QED) is 0.819. The van der Waals surface area contributed by atoms with Crippen LogP contribution in [0.2, 0.25) is 0 Å². The molecule has 2 aromatic rings. The molecule has 0 amide bonds. The molecule has 0 spiro atoms. The highest BCUT2D eigenvalue weighted by Gasteiger charge is 2.27. The van der Waals surface area contributed by atoms with Crippen LogP contribution in [0, 0.1) is 0 Å². The molecule has 0 radical (unpaired) electrons. The number of fused-ring (bicyclic) bond motifs is 1. The number of imidazole rings is 1. The molecule has 1 aliphatic heterocycles. The number of para-hydroxylation sites is 2. The third-order valence-corrected chi connectivity index (χ3v) is 3.46. The van der Waals surface area contributed by atoms with Crippen LogP contribution < -0.4 is 14.2 Å². The van der Waals surface area contributed by atoms with Crippen LogP contribution >= 0.6 is 0 Å². The number of anilines is 2. The number of aromatic amines is 1. The van der Waals surface area contributed by atoms with Crippen LogP contribution in [0.5, 0.6) is 5.75 Å². The van der Waals surface area contributed by atoms with Gasteiger partial charge in [-0.1, -0.05) is 19.1 Å². The zero-order valence-electron chi connectivity index (χ0n) is 10.8. The fourth-order valence-corrected chi connectivity index (χ4v) is 2.49. The van der Waals surface area contributed by atoms with E-state index in [4.69, 9.17) is 4.74 Å². The van der Waals surface area contributed by atoms with Crippen LogP contribution in [0.4, 0.5) is 11.5 Å². The third kappa shape index (κ3) is 1.65. The van der Waals surface area contributed by atoms with E-state index in [1.54, 1.807) is 0 Å². The summed E-state index contributed by atoms with van der Waals surface area (Å²) in [6, 6.07) is 8.19. The summed E-state index contributed by atoms with van der Waals surface area (Å²) in [4.78, 5) is 5.63. The normalized spacial score (nSPS) is 14.2. The molecule has 1 aromatic heterocycles. The average Bonchev–Trinajstić information content (AvgIpc) is 2.79. The maximum absolute atomic E-state index is 5.69. The van der Waals surface area contributed by atoms with Crippen molar-refractivity contribution < 1.29 is 9.30 Å². The fourth-order valence-electron chi connectivity index (χ4n) is 2.49. The number of nitrogens with one attached hydrogen (secondary N) is 1. The summed E-state index contributed by atoms with van der Waals surface area (Å²) in [5.74, 6) is 3.37. The maximum Gasteiger partial charge on any atom is 0.260 e. The summed E-state index contributed by atoms with van der Waals surface area (Å²) in [6.07, 6.45) is 3.07. The van der Waals surface area contributed by atoms with Crippen molar-refractivity contribution in [2.24, 2.45) is 7.05 Å². The molecule has 0 atom stereocenters. The van der Waals surface area contributed by atoms with Gasteiger partial charge in [-0.3, -0.25) is 9.88 Å². The zero-order chi connectivity index (χ0) is 12.5. The van der Waals surface area contributed by atoms with Gasteiger partial charge in [-0.05, 0) is 12.1 Å². The molecule has 0 aliphatic carbocycles. The van der Waals surface area contributed by atoms with Crippen molar-refractivity contribution in [3.8, 4) is 5.75 Å². The Morgan fingerprint density at radius 2 is 2.22 bits per heavy atom. The van der Waals surface area contributed by atoms with Crippen molar-refractivity contribution in [1.29, 1.82) is 0 Å². The van der Waals surface area contributed by atoms with Crippen LogP contribution in [0.1, 0.15) is 12.7 Å². The van der Waals surface area contributed by atoms with Gasteiger partial charge in [0.25, 0.3) is 5.82 Å². The summed E-state index contributed by atoms with van der Waals surface area (Å²) in [5.41, 5.74) is 1.14. The molecule has 94 valence electrons. The van der Waals surface area contributed by atoms with E-state index in [2.05, 4.69) is 40.7 Å². The van der Waals surface area contributed by atoms with Gasteiger partial charge in [0.1, 0.15) is 25.0 Å². The number of hydrogen-bond acceptors (Lipinski definition) is 2. The predicted molar refractivity (Wildman–Crippen MR) is 70.3 cm³/mol. The number of benzene rings is 1. The summed E-state index contributed by atoms with van der Waals surface area (Å²) in [7, 11) is 2.10. The fraction of sp³-hybridized carbons (Fsp3) is 0.357. The highest BCUT2D eigenvalue weighted by atomic mass is 16.5. The molecule has 0 fully saturated rings. The van der Waals surface area contributed by atoms with Gasteiger partial charge in [-0.15, -0.1) is 0 Å². The first-order valence-corrected chi connectivity index (χ1v) is 6.37. The first kappa shape index (κ1) is 11.1. The highest BCUT2D eigenvalue weighted by molar-refractivity contribution is 5.66. The Kier molecular flexibility index (Phi) is 2.70. The molecule has 0 saturated carbocycles. The summed E-state index contributed by atoms with van der Waals surface area (Å²) in [6.45, 7) is 3.76. The number of nitrogens with zero attached hydrogens (tertiary/aromatic N) is 2. The van der Waals surface area contributed by atoms with E-state index in [-0.39, 0.29) is 0 Å². The lowest BCUT2D eigenvalue weighted by Crippen LogP contribution is -2.40. The van der Waals surface area contributed by atoms with Crippen molar-refractivity contribution in [2.45, 2.75) is 13.3 Å². The Hall–Kier alpha value is -1.97. The molecule has 4 heteroatoms. The summed E-state index contributed by atoms with van der Waals surface area (Å²) in [5, 5.41) is 0. The Morgan fingerprint density at radius 3 is 3.00 bits per heavy atom. The van der Waals surface area contributed by atoms with E-state index in [0.717, 1.165) is 31.0 Å². The largest absolute Gasteiger partial charge is 0.487 e. The molecule has 0 unspecified atom stereocenters. The number of ether oxygens (including phenoxy) is 1. The van der Waals surface area contributed by atoms with E-state index < -0.39 is 0 Å². The summed E-state index contributed by atoms with van der Waals surface area (Å²) < 4.78 is 7.90. The predicted octanol–water partition coefficient (Wildman–Crippen LogP) is 1.93. The Labute approximate surface area is 107 Å². The minimum Gasteiger partial charge on any atom is -0.487 e. The second-order valence-electron chi connectivity index (χ2n) is 4.47. The van der Waals surface area contributed by atoms with Crippen molar-refractivity contribution in [1.82, 2.24) is 4.98 Å². The average molecular weight is 244 g/mol. The van der Waals surface area contributed by atoms with Gasteiger partial charge < -0.3 is 4.74 Å². The summed E-state index contributed by atoms with van der Waals surface area (Å²) >= 11 is 0. The topological polar surface area (TPSA) is 32.1 Å². The number of aromatic nitrogens is 2. The minimum atomic E-state index is 0.726. The molecular weight excluding hydrogens is 226 g/mol. The van der Waals surface area contributed by atoms with Crippen molar-refractivity contribution >= 4 is 11.5 Å². The van der Waals surface area contributed by atoms with Gasteiger partial charge in [-0.25, -0.2) is 4.57 Å². The van der Waals surface area contributed by atoms with Gasteiger partial charge in [0, 0.05) is 6.42 Å². The molecule has 1 aliphatic rings. The van der Waals surface area contributed by atoms with Crippen LogP contribution in [-0.2, 0) is 13.5 Å². The van der Waals surface area contributed by atoms with Gasteiger partial charge in [0.2, 0.25) is 5.82 Å². The molecule has 1 aromatic carbocycles. The molecule has 18 heavy (non-hydrogen) atoms. The first-order valence-electron chi connectivity index (χ1n) is 6.37. The number of aryl methyl sites for hydroxylation is 1. The number of rotatable bonds is 2. The SMILES string of the molecule is CCc1[nH]cc(N2CCOc3ccccc32)[n+]1C. The molecule has 0 bridgehead atoms. The minimum absolute atomic E-state index is 0.726. The number of H-pyrrole nitrogens is 1. The first-order chi connectivity index (χ1) is 8.81. The van der Waals surface area contributed by atoms with Crippen LogP contribution in [0.15, 0.2) is 30.5 Å². The Balaban J connectivity index is 2.05. The Morgan fingerprint density at radius 1 is 1.39 bits per heavy atom. The lowest BCUT2D eigenvalue weighted by atomic mass is 10.2. The van der Waals surface area contributed by atoms with Crippen molar-refractivity contribution in [3.05, 3.63) is 36.3 Å². The van der Waals surface area contributed by atoms with Crippen LogP contribution in [0.3, 0.4) is 0 Å². The van der Waals surface area contributed by atoms with E-state index in [1.807, 2.05) is 18.2 Å². The van der Waals surface area contributed by atoms with E-state index >= 15 is 0 Å². The van der Waals surface area contributed by atoms with Crippen molar-refractivity contribution in [3.63, 3.8) is 0 Å². The van der Waals surface area contributed by atoms with Gasteiger partial charge in [0.05, 0.1) is 7.05 Å². The lowest BCUT2D eigenvalue weighted by molar-refractivity contribution is -0.665. The number of hydrogen-bond donors (Lipinski definition) is 1. The van der Waals surface area contributed by atoms with Crippen LogP contribution in [-0.4, -0.2) is 18.1 Å². The monoisotopic (exact) mass is 244 g/mol. The van der Waals surface area contributed by atoms with Gasteiger partial charge in [-0.2, -0.15) is 0 Å². The van der Waals surface area contributed by atoms with Crippen LogP contribution in [0.25, 0.3) is 0 Å². The highest BCUT2D eigenvalue weighted by Crippen LogP contribution is 2.34. The molecule has 0 saturated heterocycles.